The van der Waals surface area contributed by atoms with Gasteiger partial charge in [-0.15, -0.1) is 0 Å². The minimum Gasteiger partial charge on any atom is -0.466 e. The second kappa shape index (κ2) is 24.9. The Morgan fingerprint density at radius 2 is 1.61 bits per heavy atom. The zero-order valence-corrected chi connectivity index (χ0v) is 41.0. The Morgan fingerprint density at radius 1 is 0.918 bits per heavy atom. The standard InChI is InChI=1S/C45H50ClNO3S.C4H11NS.C2H6.CH4O/c1-8-14-34-29(3)17-21-36-40(34)44(4,5)38(47(36)25-12-13-26-51)23-19-31-27-33(43(48)49-9-2)28-32(42(31)46)20-24-39-45(6,7)41-35-16-11-10-15-30(35)18-22-37(41)50-39;5-3-1-2-4-6;2*1-2/h8,10-11,14-24,33H,9,12-13,25-28H2,1-7H3;6H,1-5H2;1-2H3;2H,1H3/p+1/b14-8-,23-19+,32-20+,39-24+;;;. The number of hydrogen-bond donors (Lipinski definition) is 4. The molecule has 6 nitrogen and oxygen atoms in total. The molecule has 2 heterocycles. The maximum Gasteiger partial charge on any atom is 0.309 e. The topological polar surface area (TPSA) is 84.8 Å². The van der Waals surface area contributed by atoms with Gasteiger partial charge in [-0.05, 0) is 144 Å². The summed E-state index contributed by atoms with van der Waals surface area (Å²) in [5.74, 6) is 3.04. The number of fused-ring (bicyclic) bond motifs is 4. The number of aliphatic hydroxyl groups is 1. The van der Waals surface area contributed by atoms with E-state index < -0.39 is 0 Å². The molecule has 0 radical (unpaired) electrons. The van der Waals surface area contributed by atoms with Crippen LogP contribution in [0.3, 0.4) is 0 Å². The molecule has 0 fully saturated rings. The van der Waals surface area contributed by atoms with E-state index in [4.69, 9.17) is 31.9 Å². The third-order valence-electron chi connectivity index (χ3n) is 11.4. The SMILES string of the molecule is C/C=C\c1c(C)ccc2c1C(C)(C)C(/C=C/C1=C(Cl)C(=C/C=C3/Oc4ccc5ccccc5c4C3(C)C)/CC(C(=O)OCC)C1)=[N+]2CCCCS.CC.CO.NCCCCS. The Morgan fingerprint density at radius 3 is 2.25 bits per heavy atom. The van der Waals surface area contributed by atoms with Crippen LogP contribution >= 0.6 is 36.9 Å². The van der Waals surface area contributed by atoms with Gasteiger partial charge in [-0.3, -0.25) is 4.79 Å². The van der Waals surface area contributed by atoms with E-state index >= 15 is 0 Å². The van der Waals surface area contributed by atoms with Crippen molar-refractivity contribution in [3.8, 4) is 5.75 Å². The van der Waals surface area contributed by atoms with Gasteiger partial charge in [-0.1, -0.05) is 86.2 Å². The molecule has 3 N–H and O–H groups in total. The maximum absolute atomic E-state index is 13.3. The highest BCUT2D eigenvalue weighted by Gasteiger charge is 2.46. The number of thiol groups is 2. The highest BCUT2D eigenvalue weighted by molar-refractivity contribution is 7.80. The summed E-state index contributed by atoms with van der Waals surface area (Å²) in [6.45, 7) is 21.2. The number of nitrogens with two attached hydrogens (primary N) is 1. The summed E-state index contributed by atoms with van der Waals surface area (Å²) in [7, 11) is 1.00. The lowest BCUT2D eigenvalue weighted by molar-refractivity contribution is -0.438. The largest absolute Gasteiger partial charge is 0.466 e. The molecular weight excluding hydrogens is 816 g/mol. The summed E-state index contributed by atoms with van der Waals surface area (Å²) in [6, 6.07) is 17.1. The first-order chi connectivity index (χ1) is 29.3. The highest BCUT2D eigenvalue weighted by atomic mass is 35.5. The molecule has 2 aliphatic heterocycles. The van der Waals surface area contributed by atoms with Crippen LogP contribution in [0.1, 0.15) is 116 Å². The fraction of sp³-hybridized carbons (Fsp3) is 0.462. The van der Waals surface area contributed by atoms with Gasteiger partial charge in [0.15, 0.2) is 5.71 Å². The van der Waals surface area contributed by atoms with Crippen LogP contribution in [0.15, 0.2) is 101 Å². The highest BCUT2D eigenvalue weighted by Crippen LogP contribution is 2.49. The van der Waals surface area contributed by atoms with Gasteiger partial charge in [0, 0.05) is 41.8 Å². The van der Waals surface area contributed by atoms with Crippen LogP contribution in [0.2, 0.25) is 0 Å². The van der Waals surface area contributed by atoms with Crippen LogP contribution in [-0.4, -0.2) is 59.7 Å². The zero-order chi connectivity index (χ0) is 45.3. The number of aryl methyl sites for hydroxylation is 1. The average molecular weight is 889 g/mol. The number of benzene rings is 3. The van der Waals surface area contributed by atoms with Crippen molar-refractivity contribution >= 4 is 71.1 Å². The average Bonchev–Trinajstić information content (AvgIpc) is 3.65. The van der Waals surface area contributed by atoms with E-state index in [0.717, 1.165) is 80.0 Å². The molecule has 1 aliphatic carbocycles. The molecule has 0 aromatic heterocycles. The fourth-order valence-corrected chi connectivity index (χ4v) is 9.12. The Bertz CT molecular complexity index is 2140. The van der Waals surface area contributed by atoms with Crippen molar-refractivity contribution in [2.75, 3.05) is 38.3 Å². The molecule has 61 heavy (non-hydrogen) atoms. The first kappa shape index (κ1) is 51.8. The second-order valence-corrected chi connectivity index (χ2v) is 17.4. The summed E-state index contributed by atoms with van der Waals surface area (Å²) in [4.78, 5) is 13.3. The smallest absolute Gasteiger partial charge is 0.309 e. The number of hydrogen-bond acceptors (Lipinski definition) is 7. The van der Waals surface area contributed by atoms with Crippen LogP contribution in [0, 0.1) is 12.8 Å². The van der Waals surface area contributed by atoms with Crippen LogP contribution in [0.25, 0.3) is 16.8 Å². The van der Waals surface area contributed by atoms with Crippen LogP contribution in [0.5, 0.6) is 5.75 Å². The van der Waals surface area contributed by atoms with E-state index in [1.807, 2.05) is 32.9 Å². The lowest BCUT2D eigenvalue weighted by Gasteiger charge is -2.25. The molecule has 3 aromatic rings. The molecule has 1 unspecified atom stereocenters. The van der Waals surface area contributed by atoms with E-state index in [-0.39, 0.29) is 22.7 Å². The number of unbranched alkanes of at least 4 members (excludes halogenated alkanes) is 2. The van der Waals surface area contributed by atoms with Crippen molar-refractivity contribution in [1.82, 2.24) is 0 Å². The van der Waals surface area contributed by atoms with Gasteiger partial charge in [-0.2, -0.15) is 29.8 Å². The molecule has 0 spiro atoms. The summed E-state index contributed by atoms with van der Waals surface area (Å²) in [5.41, 5.74) is 14.0. The fourth-order valence-electron chi connectivity index (χ4n) is 8.39. The second-order valence-electron chi connectivity index (χ2n) is 16.1. The van der Waals surface area contributed by atoms with Gasteiger partial charge in [-0.25, -0.2) is 0 Å². The first-order valence-electron chi connectivity index (χ1n) is 22.0. The Balaban J connectivity index is 0.000000902. The quantitative estimate of drug-likeness (QED) is 0.0595. The summed E-state index contributed by atoms with van der Waals surface area (Å²) in [6.07, 6.45) is 18.2. The Kier molecular flexibility index (Phi) is 21.2. The monoisotopic (exact) mass is 887 g/mol. The molecule has 0 amide bonds. The van der Waals surface area contributed by atoms with Crippen molar-refractivity contribution in [3.63, 3.8) is 0 Å². The molecule has 3 aromatic carbocycles. The number of halogens is 1. The summed E-state index contributed by atoms with van der Waals surface area (Å²) >= 11 is 15.8. The minimum absolute atomic E-state index is 0.191. The van der Waals surface area contributed by atoms with Crippen molar-refractivity contribution < 1.29 is 24.0 Å². The summed E-state index contributed by atoms with van der Waals surface area (Å²) in [5, 5.41) is 10.1. The lowest BCUT2D eigenvalue weighted by Crippen LogP contribution is -2.29. The number of aliphatic hydroxyl groups excluding tert-OH is 1. The predicted molar refractivity (Wildman–Crippen MR) is 269 cm³/mol. The molecular formula is C52H72ClN2O4S2+. The normalized spacial score (nSPS) is 18.6. The zero-order valence-electron chi connectivity index (χ0n) is 38.4. The lowest BCUT2D eigenvalue weighted by atomic mass is 9.77. The maximum atomic E-state index is 13.3. The van der Waals surface area contributed by atoms with Gasteiger partial charge in [0.1, 0.15) is 18.1 Å². The minimum atomic E-state index is -0.346. The van der Waals surface area contributed by atoms with E-state index in [9.17, 15) is 4.79 Å². The molecule has 0 bridgehead atoms. The molecule has 6 rings (SSSR count). The van der Waals surface area contributed by atoms with Gasteiger partial charge < -0.3 is 20.3 Å². The number of rotatable bonds is 13. The van der Waals surface area contributed by atoms with Crippen LogP contribution < -0.4 is 10.5 Å². The van der Waals surface area contributed by atoms with Crippen molar-refractivity contribution in [2.24, 2.45) is 11.7 Å². The summed E-state index contributed by atoms with van der Waals surface area (Å²) < 4.78 is 14.5. The van der Waals surface area contributed by atoms with E-state index in [1.165, 1.54) is 44.4 Å². The molecule has 0 saturated carbocycles. The van der Waals surface area contributed by atoms with E-state index in [2.05, 4.69) is 144 Å². The van der Waals surface area contributed by atoms with E-state index in [1.54, 1.807) is 0 Å². The molecule has 3 aliphatic rings. The van der Waals surface area contributed by atoms with Crippen LogP contribution in [-0.2, 0) is 20.4 Å². The number of ether oxygens (including phenoxy) is 2. The number of carbonyl (C=O) groups is 1. The number of allylic oxidation sites excluding steroid dienone is 9. The molecule has 1 atom stereocenters. The molecule has 0 saturated heterocycles. The van der Waals surface area contributed by atoms with Gasteiger partial charge in [0.2, 0.25) is 5.69 Å². The predicted octanol–water partition coefficient (Wildman–Crippen LogP) is 12.8. The number of nitrogens with zero attached hydrogens (tertiary/aromatic N) is 1. The third-order valence-corrected chi connectivity index (χ3v) is 12.5. The van der Waals surface area contributed by atoms with Crippen molar-refractivity contribution in [1.29, 1.82) is 0 Å². The third kappa shape index (κ3) is 12.1. The van der Waals surface area contributed by atoms with Gasteiger partial charge in [0.25, 0.3) is 0 Å². The van der Waals surface area contributed by atoms with E-state index in [0.29, 0.717) is 24.5 Å². The Hall–Kier alpha value is -3.53. The number of carbonyl (C=O) groups excluding carboxylic acids is 1. The number of esters is 1. The van der Waals surface area contributed by atoms with Crippen LogP contribution in [0.4, 0.5) is 5.69 Å². The van der Waals surface area contributed by atoms with Crippen molar-refractivity contribution in [3.05, 3.63) is 123 Å². The molecule has 9 heteroatoms. The van der Waals surface area contributed by atoms with Gasteiger partial charge >= 0.3 is 5.97 Å². The Labute approximate surface area is 383 Å². The van der Waals surface area contributed by atoms with Gasteiger partial charge in [0.05, 0.1) is 23.4 Å². The first-order valence-corrected chi connectivity index (χ1v) is 23.6. The van der Waals surface area contributed by atoms with Crippen molar-refractivity contribution in [2.45, 2.75) is 112 Å². The molecule has 332 valence electrons.